The van der Waals surface area contributed by atoms with Gasteiger partial charge in [0, 0.05) is 5.41 Å². The van der Waals surface area contributed by atoms with E-state index in [1.54, 1.807) is 0 Å². The van der Waals surface area contributed by atoms with Gasteiger partial charge < -0.3 is 10.4 Å². The zero-order chi connectivity index (χ0) is 15.5. The molecule has 0 fully saturated rings. The van der Waals surface area contributed by atoms with E-state index in [-0.39, 0.29) is 17.8 Å². The maximum absolute atomic E-state index is 12.2. The van der Waals surface area contributed by atoms with Crippen LogP contribution in [0.15, 0.2) is 30.3 Å². The molecule has 0 bridgehead atoms. The lowest BCUT2D eigenvalue weighted by molar-refractivity contribution is 0.0906. The lowest BCUT2D eigenvalue weighted by Crippen LogP contribution is -2.31. The lowest BCUT2D eigenvalue weighted by atomic mass is 9.96. The molecule has 0 radical (unpaired) electrons. The predicted molar refractivity (Wildman–Crippen MR) is 78.8 cm³/mol. The SMILES string of the molecule is CC(C)(C)c1nc(C(=O)NC(CO)c2ccccc2)n[nH]1. The molecular formula is C15H20N4O2. The minimum Gasteiger partial charge on any atom is -0.394 e. The molecule has 21 heavy (non-hydrogen) atoms. The van der Waals surface area contributed by atoms with Crippen molar-refractivity contribution in [2.45, 2.75) is 32.2 Å². The van der Waals surface area contributed by atoms with Gasteiger partial charge in [-0.25, -0.2) is 4.98 Å². The van der Waals surface area contributed by atoms with Crippen molar-refractivity contribution in [2.24, 2.45) is 0 Å². The zero-order valence-electron chi connectivity index (χ0n) is 12.4. The molecule has 0 saturated heterocycles. The Balaban J connectivity index is 2.12. The summed E-state index contributed by atoms with van der Waals surface area (Å²) in [7, 11) is 0. The second-order valence-corrected chi connectivity index (χ2v) is 5.88. The number of benzene rings is 1. The summed E-state index contributed by atoms with van der Waals surface area (Å²) in [6, 6.07) is 8.81. The highest BCUT2D eigenvalue weighted by molar-refractivity contribution is 5.90. The first kappa shape index (κ1) is 15.2. The molecule has 0 saturated carbocycles. The second kappa shape index (κ2) is 6.05. The Kier molecular flexibility index (Phi) is 4.37. The van der Waals surface area contributed by atoms with Gasteiger partial charge in [0.1, 0.15) is 5.82 Å². The summed E-state index contributed by atoms with van der Waals surface area (Å²) in [6.07, 6.45) is 0. The van der Waals surface area contributed by atoms with Crippen molar-refractivity contribution in [1.82, 2.24) is 20.5 Å². The van der Waals surface area contributed by atoms with Crippen LogP contribution in [-0.4, -0.2) is 32.8 Å². The minimum absolute atomic E-state index is 0.0781. The molecule has 3 N–H and O–H groups in total. The molecule has 1 aromatic carbocycles. The standard InChI is InChI=1S/C15H20N4O2/c1-15(2,3)14-17-12(18-19-14)13(21)16-11(9-20)10-7-5-4-6-8-10/h4-8,11,20H,9H2,1-3H3,(H,16,21)(H,17,18,19). The van der Waals surface area contributed by atoms with Crippen molar-refractivity contribution in [1.29, 1.82) is 0 Å². The molecule has 1 amide bonds. The summed E-state index contributed by atoms with van der Waals surface area (Å²) < 4.78 is 0. The summed E-state index contributed by atoms with van der Waals surface area (Å²) in [6.45, 7) is 5.76. The van der Waals surface area contributed by atoms with Crippen molar-refractivity contribution in [2.75, 3.05) is 6.61 Å². The van der Waals surface area contributed by atoms with E-state index in [0.29, 0.717) is 5.82 Å². The molecule has 6 heteroatoms. The third-order valence-electron chi connectivity index (χ3n) is 3.09. The number of aliphatic hydroxyl groups excluding tert-OH is 1. The van der Waals surface area contributed by atoms with Crippen LogP contribution in [0, 0.1) is 0 Å². The molecule has 0 aliphatic heterocycles. The molecule has 1 unspecified atom stereocenters. The Morgan fingerprint density at radius 3 is 2.52 bits per heavy atom. The molecule has 1 atom stereocenters. The molecule has 6 nitrogen and oxygen atoms in total. The van der Waals surface area contributed by atoms with Crippen LogP contribution in [0.3, 0.4) is 0 Å². The van der Waals surface area contributed by atoms with Gasteiger partial charge in [0.15, 0.2) is 0 Å². The number of carbonyl (C=O) groups excluding carboxylic acids is 1. The van der Waals surface area contributed by atoms with Crippen molar-refractivity contribution in [3.63, 3.8) is 0 Å². The van der Waals surface area contributed by atoms with Crippen molar-refractivity contribution < 1.29 is 9.90 Å². The molecular weight excluding hydrogens is 268 g/mol. The van der Waals surface area contributed by atoms with E-state index < -0.39 is 11.9 Å². The van der Waals surface area contributed by atoms with Crippen LogP contribution in [0.5, 0.6) is 0 Å². The Hall–Kier alpha value is -2.21. The smallest absolute Gasteiger partial charge is 0.291 e. The van der Waals surface area contributed by atoms with E-state index in [1.807, 2.05) is 51.1 Å². The number of hydrogen-bond acceptors (Lipinski definition) is 4. The van der Waals surface area contributed by atoms with Crippen molar-refractivity contribution in [3.8, 4) is 0 Å². The quantitative estimate of drug-likeness (QED) is 0.796. The largest absolute Gasteiger partial charge is 0.394 e. The highest BCUT2D eigenvalue weighted by Gasteiger charge is 2.22. The molecule has 2 aromatic rings. The molecule has 112 valence electrons. The number of aromatic amines is 1. The number of rotatable bonds is 4. The molecule has 0 aliphatic rings. The number of nitrogens with one attached hydrogen (secondary N) is 2. The Bertz CT molecular complexity index is 602. The first-order valence-corrected chi connectivity index (χ1v) is 6.81. The van der Waals surface area contributed by atoms with Gasteiger partial charge >= 0.3 is 0 Å². The highest BCUT2D eigenvalue weighted by atomic mass is 16.3. The third-order valence-corrected chi connectivity index (χ3v) is 3.09. The maximum Gasteiger partial charge on any atom is 0.291 e. The predicted octanol–water partition coefficient (Wildman–Crippen LogP) is 1.57. The van der Waals surface area contributed by atoms with Crippen LogP contribution in [0.25, 0.3) is 0 Å². The van der Waals surface area contributed by atoms with Gasteiger partial charge in [-0.15, -0.1) is 5.10 Å². The van der Waals surface area contributed by atoms with Gasteiger partial charge in [-0.2, -0.15) is 0 Å². The van der Waals surface area contributed by atoms with E-state index in [1.165, 1.54) is 0 Å². The van der Waals surface area contributed by atoms with E-state index in [0.717, 1.165) is 5.56 Å². The van der Waals surface area contributed by atoms with Crippen LogP contribution in [-0.2, 0) is 5.41 Å². The zero-order valence-corrected chi connectivity index (χ0v) is 12.4. The summed E-state index contributed by atoms with van der Waals surface area (Å²) in [5.74, 6) is 0.312. The van der Waals surface area contributed by atoms with Gasteiger partial charge in [-0.3, -0.25) is 9.89 Å². The number of amides is 1. The summed E-state index contributed by atoms with van der Waals surface area (Å²) in [5, 5.41) is 18.9. The van der Waals surface area contributed by atoms with Gasteiger partial charge in [0.2, 0.25) is 5.82 Å². The topological polar surface area (TPSA) is 90.9 Å². The first-order valence-electron chi connectivity index (χ1n) is 6.81. The van der Waals surface area contributed by atoms with Crippen LogP contribution in [0.4, 0.5) is 0 Å². The maximum atomic E-state index is 12.2. The average Bonchev–Trinajstić information content (AvgIpc) is 2.95. The van der Waals surface area contributed by atoms with E-state index >= 15 is 0 Å². The van der Waals surface area contributed by atoms with E-state index in [9.17, 15) is 9.90 Å². The Morgan fingerprint density at radius 1 is 1.33 bits per heavy atom. The Morgan fingerprint density at radius 2 is 2.00 bits per heavy atom. The van der Waals surface area contributed by atoms with Crippen LogP contribution < -0.4 is 5.32 Å². The number of aliphatic hydroxyl groups is 1. The fraction of sp³-hybridized carbons (Fsp3) is 0.400. The Labute approximate surface area is 123 Å². The van der Waals surface area contributed by atoms with Gasteiger partial charge in [0.25, 0.3) is 5.91 Å². The number of carbonyl (C=O) groups is 1. The minimum atomic E-state index is -0.477. The molecule has 1 heterocycles. The van der Waals surface area contributed by atoms with Gasteiger partial charge in [-0.1, -0.05) is 51.1 Å². The van der Waals surface area contributed by atoms with Crippen molar-refractivity contribution in [3.05, 3.63) is 47.5 Å². The molecule has 0 spiro atoms. The first-order chi connectivity index (χ1) is 9.91. The van der Waals surface area contributed by atoms with Gasteiger partial charge in [0.05, 0.1) is 12.6 Å². The van der Waals surface area contributed by atoms with Crippen LogP contribution >= 0.6 is 0 Å². The summed E-state index contributed by atoms with van der Waals surface area (Å²) in [4.78, 5) is 16.4. The van der Waals surface area contributed by atoms with Crippen LogP contribution in [0.2, 0.25) is 0 Å². The van der Waals surface area contributed by atoms with Crippen molar-refractivity contribution >= 4 is 5.91 Å². The second-order valence-electron chi connectivity index (χ2n) is 5.88. The third kappa shape index (κ3) is 3.66. The molecule has 0 aliphatic carbocycles. The molecule has 2 rings (SSSR count). The monoisotopic (exact) mass is 288 g/mol. The summed E-state index contributed by atoms with van der Waals surface area (Å²) in [5.41, 5.74) is 0.626. The van der Waals surface area contributed by atoms with Gasteiger partial charge in [-0.05, 0) is 5.56 Å². The number of aromatic nitrogens is 3. The number of hydrogen-bond donors (Lipinski definition) is 3. The fourth-order valence-electron chi connectivity index (χ4n) is 1.84. The van der Waals surface area contributed by atoms with E-state index in [4.69, 9.17) is 0 Å². The highest BCUT2D eigenvalue weighted by Crippen LogP contribution is 2.17. The summed E-state index contributed by atoms with van der Waals surface area (Å²) >= 11 is 0. The lowest BCUT2D eigenvalue weighted by Gasteiger charge is -2.15. The number of H-pyrrole nitrogens is 1. The molecule has 1 aromatic heterocycles. The normalized spacial score (nSPS) is 13.0. The fourth-order valence-corrected chi connectivity index (χ4v) is 1.84. The number of nitrogens with zero attached hydrogens (tertiary/aromatic N) is 2. The average molecular weight is 288 g/mol. The van der Waals surface area contributed by atoms with Crippen LogP contribution in [0.1, 0.15) is 48.8 Å². The van der Waals surface area contributed by atoms with E-state index in [2.05, 4.69) is 20.5 Å².